The average molecular weight is 279 g/mol. The fourth-order valence-corrected chi connectivity index (χ4v) is 3.26. The lowest BCUT2D eigenvalue weighted by molar-refractivity contribution is -0.138. The molecule has 0 amide bonds. The molecule has 0 saturated carbocycles. The van der Waals surface area contributed by atoms with Crippen molar-refractivity contribution < 1.29 is 9.53 Å². The number of thiazole rings is 1. The lowest BCUT2D eigenvalue weighted by Crippen LogP contribution is -2.07. The van der Waals surface area contributed by atoms with Crippen LogP contribution in [0.5, 0.6) is 0 Å². The molecule has 0 saturated heterocycles. The molecule has 0 unspecified atom stereocenters. The number of para-hydroxylation sites is 1. The molecule has 0 bridgehead atoms. The number of aromatic nitrogens is 1. The SMILES string of the molecule is C=C(C)C(=O)OCCSc1nc2ccccc2s1. The van der Waals surface area contributed by atoms with Gasteiger partial charge in [0.05, 0.1) is 10.2 Å². The number of nitrogens with zero attached hydrogens (tertiary/aromatic N) is 1. The van der Waals surface area contributed by atoms with Crippen LogP contribution in [0.3, 0.4) is 0 Å². The quantitative estimate of drug-likeness (QED) is 0.363. The summed E-state index contributed by atoms with van der Waals surface area (Å²) in [6.07, 6.45) is 0. The van der Waals surface area contributed by atoms with E-state index in [9.17, 15) is 4.79 Å². The Hall–Kier alpha value is -1.33. The highest BCUT2D eigenvalue weighted by Gasteiger charge is 2.05. The molecule has 1 aromatic heterocycles. The molecule has 0 atom stereocenters. The molecule has 5 heteroatoms. The van der Waals surface area contributed by atoms with Crippen LogP contribution in [0.25, 0.3) is 10.2 Å². The monoisotopic (exact) mass is 279 g/mol. The van der Waals surface area contributed by atoms with E-state index in [1.165, 1.54) is 4.70 Å². The van der Waals surface area contributed by atoms with Gasteiger partial charge in [-0.3, -0.25) is 0 Å². The Kier molecular flexibility index (Phi) is 4.38. The first-order valence-electron chi connectivity index (χ1n) is 5.48. The number of esters is 1. The third-order valence-electron chi connectivity index (χ3n) is 2.16. The molecular formula is C13H13NO2S2. The maximum atomic E-state index is 11.2. The van der Waals surface area contributed by atoms with Gasteiger partial charge >= 0.3 is 5.97 Å². The van der Waals surface area contributed by atoms with Crippen molar-refractivity contribution in [3.63, 3.8) is 0 Å². The Morgan fingerprint density at radius 3 is 3.00 bits per heavy atom. The number of hydrogen-bond donors (Lipinski definition) is 0. The zero-order chi connectivity index (χ0) is 13.0. The summed E-state index contributed by atoms with van der Waals surface area (Å²) < 4.78 is 7.20. The van der Waals surface area contributed by atoms with E-state index in [0.717, 1.165) is 9.86 Å². The van der Waals surface area contributed by atoms with Gasteiger partial charge in [-0.05, 0) is 19.1 Å². The van der Waals surface area contributed by atoms with E-state index in [1.54, 1.807) is 30.0 Å². The van der Waals surface area contributed by atoms with Crippen LogP contribution in [0.4, 0.5) is 0 Å². The largest absolute Gasteiger partial charge is 0.461 e. The second kappa shape index (κ2) is 6.02. The van der Waals surface area contributed by atoms with Crippen molar-refractivity contribution in [2.75, 3.05) is 12.4 Å². The minimum Gasteiger partial charge on any atom is -0.461 e. The third kappa shape index (κ3) is 3.34. The Morgan fingerprint density at radius 2 is 2.28 bits per heavy atom. The molecular weight excluding hydrogens is 266 g/mol. The van der Waals surface area contributed by atoms with E-state index >= 15 is 0 Å². The van der Waals surface area contributed by atoms with Gasteiger partial charge in [0.2, 0.25) is 0 Å². The average Bonchev–Trinajstić information content (AvgIpc) is 2.76. The van der Waals surface area contributed by atoms with Crippen LogP contribution in [0.1, 0.15) is 6.92 Å². The maximum Gasteiger partial charge on any atom is 0.333 e. The number of rotatable bonds is 5. The van der Waals surface area contributed by atoms with Crippen molar-refractivity contribution in [2.24, 2.45) is 0 Å². The topological polar surface area (TPSA) is 39.2 Å². The van der Waals surface area contributed by atoms with Gasteiger partial charge in [-0.15, -0.1) is 11.3 Å². The Morgan fingerprint density at radius 1 is 1.50 bits per heavy atom. The zero-order valence-electron chi connectivity index (χ0n) is 10.0. The molecule has 1 aromatic carbocycles. The Balaban J connectivity index is 1.83. The molecule has 1 heterocycles. The van der Waals surface area contributed by atoms with Gasteiger partial charge in [0, 0.05) is 11.3 Å². The standard InChI is InChI=1S/C13H13NO2S2/c1-9(2)12(15)16-7-8-17-13-14-10-5-3-4-6-11(10)18-13/h3-6H,1,7-8H2,2H3. The number of thioether (sulfide) groups is 1. The lowest BCUT2D eigenvalue weighted by atomic mass is 10.3. The summed E-state index contributed by atoms with van der Waals surface area (Å²) in [5.41, 5.74) is 1.45. The minimum absolute atomic E-state index is 0.333. The number of benzene rings is 1. The highest BCUT2D eigenvalue weighted by Crippen LogP contribution is 2.28. The van der Waals surface area contributed by atoms with Gasteiger partial charge in [0.1, 0.15) is 6.61 Å². The van der Waals surface area contributed by atoms with Crippen LogP contribution >= 0.6 is 23.1 Å². The van der Waals surface area contributed by atoms with E-state index in [-0.39, 0.29) is 5.97 Å². The van der Waals surface area contributed by atoms with Gasteiger partial charge < -0.3 is 4.74 Å². The fourth-order valence-electron chi connectivity index (χ4n) is 1.30. The lowest BCUT2D eigenvalue weighted by Gasteiger charge is -2.02. The first kappa shape index (κ1) is 13.1. The van der Waals surface area contributed by atoms with E-state index in [4.69, 9.17) is 4.74 Å². The van der Waals surface area contributed by atoms with Crippen LogP contribution in [-0.4, -0.2) is 23.3 Å². The first-order valence-corrected chi connectivity index (χ1v) is 7.28. The molecule has 0 spiro atoms. The maximum absolute atomic E-state index is 11.2. The minimum atomic E-state index is -0.333. The van der Waals surface area contributed by atoms with Crippen molar-refractivity contribution in [3.8, 4) is 0 Å². The van der Waals surface area contributed by atoms with Crippen LogP contribution in [0, 0.1) is 0 Å². The van der Waals surface area contributed by atoms with Gasteiger partial charge in [-0.1, -0.05) is 30.5 Å². The van der Waals surface area contributed by atoms with Gasteiger partial charge in [-0.25, -0.2) is 9.78 Å². The first-order chi connectivity index (χ1) is 8.66. The number of ether oxygens (including phenoxy) is 1. The second-order valence-electron chi connectivity index (χ2n) is 3.71. The molecule has 2 rings (SSSR count). The van der Waals surface area contributed by atoms with E-state index in [0.29, 0.717) is 17.9 Å². The van der Waals surface area contributed by atoms with Crippen molar-refractivity contribution in [1.29, 1.82) is 0 Å². The third-order valence-corrected chi connectivity index (χ3v) is 4.31. The summed E-state index contributed by atoms with van der Waals surface area (Å²) in [5.74, 6) is 0.374. The number of carbonyl (C=O) groups excluding carboxylic acids is 1. The molecule has 0 N–H and O–H groups in total. The smallest absolute Gasteiger partial charge is 0.333 e. The summed E-state index contributed by atoms with van der Waals surface area (Å²) in [6, 6.07) is 8.03. The summed E-state index contributed by atoms with van der Waals surface area (Å²) in [6.45, 7) is 5.55. The zero-order valence-corrected chi connectivity index (χ0v) is 11.6. The molecule has 94 valence electrons. The van der Waals surface area contributed by atoms with Crippen LogP contribution in [0.15, 0.2) is 40.8 Å². The van der Waals surface area contributed by atoms with E-state index in [1.807, 2.05) is 18.2 Å². The van der Waals surface area contributed by atoms with Crippen molar-refractivity contribution in [2.45, 2.75) is 11.3 Å². The normalized spacial score (nSPS) is 10.5. The van der Waals surface area contributed by atoms with E-state index < -0.39 is 0 Å². The number of fused-ring (bicyclic) bond motifs is 1. The molecule has 3 nitrogen and oxygen atoms in total. The molecule has 0 aliphatic heterocycles. The van der Waals surface area contributed by atoms with Crippen LogP contribution in [0.2, 0.25) is 0 Å². The van der Waals surface area contributed by atoms with Gasteiger partial charge in [0.15, 0.2) is 4.34 Å². The number of carbonyl (C=O) groups is 1. The van der Waals surface area contributed by atoms with Gasteiger partial charge in [-0.2, -0.15) is 0 Å². The van der Waals surface area contributed by atoms with E-state index in [2.05, 4.69) is 17.6 Å². The second-order valence-corrected chi connectivity index (χ2v) is 6.08. The predicted molar refractivity (Wildman–Crippen MR) is 76.1 cm³/mol. The summed E-state index contributed by atoms with van der Waals surface area (Å²) in [5, 5.41) is 0. The highest BCUT2D eigenvalue weighted by atomic mass is 32.2. The molecule has 0 aliphatic carbocycles. The molecule has 2 aromatic rings. The number of hydrogen-bond acceptors (Lipinski definition) is 5. The molecule has 0 fully saturated rings. The Bertz CT molecular complexity index is 544. The predicted octanol–water partition coefficient (Wildman–Crippen LogP) is 3.51. The van der Waals surface area contributed by atoms with Crippen LogP contribution in [-0.2, 0) is 9.53 Å². The summed E-state index contributed by atoms with van der Waals surface area (Å²) >= 11 is 3.26. The summed E-state index contributed by atoms with van der Waals surface area (Å²) in [7, 11) is 0. The van der Waals surface area contributed by atoms with Gasteiger partial charge in [0.25, 0.3) is 0 Å². The molecule has 0 radical (unpaired) electrons. The van der Waals surface area contributed by atoms with Crippen molar-refractivity contribution in [1.82, 2.24) is 4.98 Å². The van der Waals surface area contributed by atoms with Crippen molar-refractivity contribution >= 4 is 39.3 Å². The van der Waals surface area contributed by atoms with Crippen molar-refractivity contribution in [3.05, 3.63) is 36.4 Å². The fraction of sp³-hybridized carbons (Fsp3) is 0.231. The molecule has 0 aliphatic rings. The summed E-state index contributed by atoms with van der Waals surface area (Å²) in [4.78, 5) is 15.6. The Labute approximate surface area is 114 Å². The highest BCUT2D eigenvalue weighted by molar-refractivity contribution is 8.01. The van der Waals surface area contributed by atoms with Crippen LogP contribution < -0.4 is 0 Å². The molecule has 18 heavy (non-hydrogen) atoms.